The number of hydrogen-bond acceptors (Lipinski definition) is 6. The monoisotopic (exact) mass is 1010 g/mol. The Balaban J connectivity index is 4.52. The summed E-state index contributed by atoms with van der Waals surface area (Å²) in [5.41, 5.74) is 0. The lowest BCUT2D eigenvalue weighted by molar-refractivity contribution is -0.166. The van der Waals surface area contributed by atoms with Crippen LogP contribution in [0.2, 0.25) is 0 Å². The number of hydrogen-bond donors (Lipinski definition) is 0. The molecule has 0 heterocycles. The first-order chi connectivity index (χ1) is 36.0. The first kappa shape index (κ1) is 68.8. The van der Waals surface area contributed by atoms with Gasteiger partial charge in [0.1, 0.15) is 13.2 Å². The predicted molar refractivity (Wildman–Crippen MR) is 316 cm³/mol. The van der Waals surface area contributed by atoms with Gasteiger partial charge < -0.3 is 14.2 Å². The Hall–Kier alpha value is -4.19. The molecule has 0 rings (SSSR count). The second-order valence-corrected chi connectivity index (χ2v) is 19.5. The third-order valence-corrected chi connectivity index (χ3v) is 12.4. The first-order valence-electron chi connectivity index (χ1n) is 30.0. The van der Waals surface area contributed by atoms with Crippen molar-refractivity contribution < 1.29 is 28.6 Å². The maximum atomic E-state index is 12.8. The van der Waals surface area contributed by atoms with Crippen LogP contribution in [0.15, 0.2) is 122 Å². The van der Waals surface area contributed by atoms with E-state index in [1.165, 1.54) is 128 Å². The van der Waals surface area contributed by atoms with Gasteiger partial charge in [0.25, 0.3) is 0 Å². The largest absolute Gasteiger partial charge is 0.462 e. The molecule has 73 heavy (non-hydrogen) atoms. The van der Waals surface area contributed by atoms with Crippen LogP contribution in [0.5, 0.6) is 0 Å². The summed E-state index contributed by atoms with van der Waals surface area (Å²) in [6, 6.07) is 0. The number of rotatable bonds is 53. The molecule has 6 heteroatoms. The van der Waals surface area contributed by atoms with Gasteiger partial charge in [-0.2, -0.15) is 0 Å². The highest BCUT2D eigenvalue weighted by Gasteiger charge is 2.19. The molecule has 0 aliphatic rings. The summed E-state index contributed by atoms with van der Waals surface area (Å²) in [6.07, 6.45) is 83.5. The maximum Gasteiger partial charge on any atom is 0.306 e. The van der Waals surface area contributed by atoms with E-state index in [2.05, 4.69) is 130 Å². The zero-order valence-electron chi connectivity index (χ0n) is 47.4. The maximum absolute atomic E-state index is 12.8. The molecule has 0 saturated carbocycles. The summed E-state index contributed by atoms with van der Waals surface area (Å²) in [7, 11) is 0. The zero-order chi connectivity index (χ0) is 52.9. The van der Waals surface area contributed by atoms with Crippen molar-refractivity contribution in [1.82, 2.24) is 0 Å². The Kier molecular flexibility index (Phi) is 56.9. The highest BCUT2D eigenvalue weighted by atomic mass is 16.6. The SMILES string of the molecule is CC/C=C\C/C=C\C/C=C\C/C=C\CCCCC(=O)OC[C@H](COC(=O)CCCCCCCCCCCCC/C=C\CCCCCCCC)OC(=O)CC/C=C\C/C=C\C/C=C\C/C=C\C/C=C\CCCCC. The quantitative estimate of drug-likeness (QED) is 0.0261. The van der Waals surface area contributed by atoms with Crippen LogP contribution in [0.1, 0.15) is 265 Å². The number of allylic oxidation sites excluding steroid dienone is 20. The van der Waals surface area contributed by atoms with E-state index in [4.69, 9.17) is 14.2 Å². The minimum absolute atomic E-state index is 0.123. The molecule has 0 aliphatic carbocycles. The van der Waals surface area contributed by atoms with Crippen molar-refractivity contribution in [2.24, 2.45) is 0 Å². The van der Waals surface area contributed by atoms with Crippen LogP contribution >= 0.6 is 0 Å². The molecular formula is C67H110O6. The predicted octanol–water partition coefficient (Wildman–Crippen LogP) is 20.4. The summed E-state index contributed by atoms with van der Waals surface area (Å²) in [4.78, 5) is 38.2. The Labute approximate surface area is 450 Å². The van der Waals surface area contributed by atoms with Gasteiger partial charge in [-0.3, -0.25) is 14.4 Å². The van der Waals surface area contributed by atoms with Crippen molar-refractivity contribution in [3.63, 3.8) is 0 Å². The van der Waals surface area contributed by atoms with Gasteiger partial charge in [-0.05, 0) is 122 Å². The lowest BCUT2D eigenvalue weighted by Crippen LogP contribution is -2.30. The molecule has 0 aromatic rings. The van der Waals surface area contributed by atoms with E-state index in [-0.39, 0.29) is 38.0 Å². The second kappa shape index (κ2) is 60.4. The Morgan fingerprint density at radius 2 is 0.562 bits per heavy atom. The van der Waals surface area contributed by atoms with Crippen LogP contribution in [0.3, 0.4) is 0 Å². The van der Waals surface area contributed by atoms with Gasteiger partial charge in [0, 0.05) is 19.3 Å². The highest BCUT2D eigenvalue weighted by molar-refractivity contribution is 5.71. The summed E-state index contributed by atoms with van der Waals surface area (Å²) in [6.45, 7) is 6.40. The fourth-order valence-electron chi connectivity index (χ4n) is 7.94. The van der Waals surface area contributed by atoms with E-state index in [1.54, 1.807) is 0 Å². The highest BCUT2D eigenvalue weighted by Crippen LogP contribution is 2.15. The molecule has 0 bridgehead atoms. The van der Waals surface area contributed by atoms with Crippen molar-refractivity contribution in [3.05, 3.63) is 122 Å². The molecule has 0 aromatic heterocycles. The minimum Gasteiger partial charge on any atom is -0.462 e. The summed E-state index contributed by atoms with van der Waals surface area (Å²) in [5.74, 6) is -1.05. The molecular weight excluding hydrogens is 901 g/mol. The second-order valence-electron chi connectivity index (χ2n) is 19.5. The molecule has 1 atom stereocenters. The Morgan fingerprint density at radius 1 is 0.288 bits per heavy atom. The van der Waals surface area contributed by atoms with Gasteiger partial charge in [0.2, 0.25) is 0 Å². The number of carbonyl (C=O) groups excluding carboxylic acids is 3. The molecule has 0 N–H and O–H groups in total. The molecule has 414 valence electrons. The molecule has 0 spiro atoms. The van der Waals surface area contributed by atoms with E-state index in [9.17, 15) is 14.4 Å². The van der Waals surface area contributed by atoms with E-state index in [0.717, 1.165) is 83.5 Å². The van der Waals surface area contributed by atoms with Gasteiger partial charge in [0.15, 0.2) is 6.10 Å². The van der Waals surface area contributed by atoms with Gasteiger partial charge in [-0.25, -0.2) is 0 Å². The molecule has 0 aliphatic heterocycles. The first-order valence-corrected chi connectivity index (χ1v) is 30.0. The fourth-order valence-corrected chi connectivity index (χ4v) is 7.94. The number of ether oxygens (including phenoxy) is 3. The Morgan fingerprint density at radius 3 is 0.959 bits per heavy atom. The summed E-state index contributed by atoms with van der Waals surface area (Å²) in [5, 5.41) is 0. The van der Waals surface area contributed by atoms with E-state index in [0.29, 0.717) is 19.3 Å². The third-order valence-electron chi connectivity index (χ3n) is 12.4. The normalized spacial score (nSPS) is 13.0. The van der Waals surface area contributed by atoms with E-state index >= 15 is 0 Å². The van der Waals surface area contributed by atoms with E-state index in [1.807, 2.05) is 12.2 Å². The topological polar surface area (TPSA) is 78.9 Å². The van der Waals surface area contributed by atoms with Gasteiger partial charge >= 0.3 is 17.9 Å². The number of esters is 3. The van der Waals surface area contributed by atoms with Crippen LogP contribution in [0, 0.1) is 0 Å². The summed E-state index contributed by atoms with van der Waals surface area (Å²) < 4.78 is 16.8. The molecule has 0 fully saturated rings. The molecule has 0 unspecified atom stereocenters. The van der Waals surface area contributed by atoms with Crippen LogP contribution in [0.25, 0.3) is 0 Å². The molecule has 0 saturated heterocycles. The minimum atomic E-state index is -0.839. The third kappa shape index (κ3) is 58.6. The van der Waals surface area contributed by atoms with E-state index < -0.39 is 12.1 Å². The van der Waals surface area contributed by atoms with Crippen molar-refractivity contribution >= 4 is 17.9 Å². The van der Waals surface area contributed by atoms with Gasteiger partial charge in [-0.15, -0.1) is 0 Å². The number of unbranched alkanes of at least 4 members (excludes halogenated alkanes) is 22. The molecule has 6 nitrogen and oxygen atoms in total. The van der Waals surface area contributed by atoms with Crippen LogP contribution < -0.4 is 0 Å². The molecule has 0 amide bonds. The smallest absolute Gasteiger partial charge is 0.306 e. The summed E-state index contributed by atoms with van der Waals surface area (Å²) >= 11 is 0. The lowest BCUT2D eigenvalue weighted by Gasteiger charge is -2.18. The average molecular weight is 1010 g/mol. The molecule has 0 aromatic carbocycles. The number of carbonyl (C=O) groups is 3. The van der Waals surface area contributed by atoms with Crippen molar-refractivity contribution in [1.29, 1.82) is 0 Å². The van der Waals surface area contributed by atoms with Crippen molar-refractivity contribution in [2.75, 3.05) is 13.2 Å². The zero-order valence-corrected chi connectivity index (χ0v) is 47.4. The average Bonchev–Trinajstić information content (AvgIpc) is 3.39. The van der Waals surface area contributed by atoms with Crippen molar-refractivity contribution in [2.45, 2.75) is 271 Å². The van der Waals surface area contributed by atoms with Gasteiger partial charge in [0.05, 0.1) is 0 Å². The van der Waals surface area contributed by atoms with Crippen LogP contribution in [-0.4, -0.2) is 37.2 Å². The van der Waals surface area contributed by atoms with Crippen molar-refractivity contribution in [3.8, 4) is 0 Å². The van der Waals surface area contributed by atoms with Crippen LogP contribution in [0.4, 0.5) is 0 Å². The Bertz CT molecular complexity index is 1540. The lowest BCUT2D eigenvalue weighted by atomic mass is 10.0. The van der Waals surface area contributed by atoms with Gasteiger partial charge in [-0.1, -0.05) is 245 Å². The molecule has 0 radical (unpaired) electrons. The van der Waals surface area contributed by atoms with Crippen LogP contribution in [-0.2, 0) is 28.6 Å². The fraction of sp³-hybridized carbons (Fsp3) is 0.657. The standard InChI is InChI=1S/C67H110O6/c1-4-7-10-13-16-19-22-25-28-30-32-33-35-36-39-42-45-48-51-54-57-60-66(69)72-63-64(62-71-65(68)59-56-53-50-47-44-41-38-27-24-21-18-15-12-9-6-3)73-67(70)61-58-55-52-49-46-43-40-37-34-31-29-26-23-20-17-14-11-8-5-2/h9,12,17-18,20-21,25-29,34,37-38,43-44,46-47,52,55,64H,4-8,10-11,13-16,19,22-24,30-33,35-36,39-42,45,48-51,53-54,56-63H2,1-3H3/b12-9-,20-17-,21-18-,28-25-,29-26-,37-34-,38-27-,46-43-,47-44-,55-52-/t64-/m1/s1.